The average Bonchev–Trinajstić information content (AvgIpc) is 3.09. The highest BCUT2D eigenvalue weighted by Gasteiger charge is 2.28. The third kappa shape index (κ3) is 3.07. The summed E-state index contributed by atoms with van der Waals surface area (Å²) >= 11 is 0. The van der Waals surface area contributed by atoms with E-state index in [2.05, 4.69) is 50.4 Å². The van der Waals surface area contributed by atoms with Crippen molar-refractivity contribution in [2.45, 2.75) is 38.6 Å². The highest BCUT2D eigenvalue weighted by molar-refractivity contribution is 5.14. The van der Waals surface area contributed by atoms with Gasteiger partial charge in [-0.05, 0) is 51.3 Å². The van der Waals surface area contributed by atoms with Gasteiger partial charge in [-0.3, -0.25) is 10.00 Å². The Balaban J connectivity index is 1.54. The Hall–Kier alpha value is -1.68. The van der Waals surface area contributed by atoms with Crippen LogP contribution in [0.15, 0.2) is 30.3 Å². The van der Waals surface area contributed by atoms with Crippen LogP contribution in [-0.2, 0) is 6.42 Å². The van der Waals surface area contributed by atoms with Gasteiger partial charge in [0.1, 0.15) is 5.82 Å². The lowest BCUT2D eigenvalue weighted by Crippen LogP contribution is -2.25. The first kappa shape index (κ1) is 13.3. The molecule has 3 rings (SSSR count). The Morgan fingerprint density at radius 2 is 2.15 bits per heavy atom. The highest BCUT2D eigenvalue weighted by atomic mass is 15.3. The second-order valence-electron chi connectivity index (χ2n) is 5.56. The molecule has 1 aliphatic heterocycles. The van der Waals surface area contributed by atoms with Crippen LogP contribution >= 0.6 is 0 Å². The van der Waals surface area contributed by atoms with Crippen LogP contribution in [0.25, 0.3) is 0 Å². The zero-order valence-corrected chi connectivity index (χ0v) is 12.0. The van der Waals surface area contributed by atoms with Crippen LogP contribution in [0.4, 0.5) is 0 Å². The first-order chi connectivity index (χ1) is 9.83. The summed E-state index contributed by atoms with van der Waals surface area (Å²) in [6.07, 6.45) is 4.78. The largest absolute Gasteiger partial charge is 0.293 e. The molecule has 0 bridgehead atoms. The van der Waals surface area contributed by atoms with Crippen LogP contribution in [-0.4, -0.2) is 33.2 Å². The topological polar surface area (TPSA) is 44.8 Å². The molecule has 0 radical (unpaired) electrons. The fourth-order valence-electron chi connectivity index (χ4n) is 3.03. The summed E-state index contributed by atoms with van der Waals surface area (Å²) in [6.45, 7) is 4.27. The minimum absolute atomic E-state index is 0.413. The van der Waals surface area contributed by atoms with Crippen molar-refractivity contribution in [3.63, 3.8) is 0 Å². The van der Waals surface area contributed by atoms with Gasteiger partial charge in [0.25, 0.3) is 0 Å². The molecule has 0 amide bonds. The summed E-state index contributed by atoms with van der Waals surface area (Å²) in [6, 6.07) is 11.1. The van der Waals surface area contributed by atoms with E-state index < -0.39 is 0 Å². The first-order valence-electron chi connectivity index (χ1n) is 7.50. The summed E-state index contributed by atoms with van der Waals surface area (Å²) in [7, 11) is 0. The van der Waals surface area contributed by atoms with E-state index in [0.29, 0.717) is 6.04 Å². The number of aromatic nitrogens is 3. The number of hydrogen-bond acceptors (Lipinski definition) is 3. The van der Waals surface area contributed by atoms with Gasteiger partial charge in [0.05, 0.1) is 6.04 Å². The van der Waals surface area contributed by atoms with Gasteiger partial charge in [-0.15, -0.1) is 0 Å². The quantitative estimate of drug-likeness (QED) is 0.908. The third-order valence-electron chi connectivity index (χ3n) is 4.03. The van der Waals surface area contributed by atoms with Crippen LogP contribution in [0.5, 0.6) is 0 Å². The second kappa shape index (κ2) is 6.18. The molecular formula is C16H22N4. The van der Waals surface area contributed by atoms with Gasteiger partial charge in [-0.2, -0.15) is 5.10 Å². The second-order valence-corrected chi connectivity index (χ2v) is 5.56. The number of rotatable bonds is 5. The maximum atomic E-state index is 4.50. The molecule has 2 aromatic rings. The zero-order chi connectivity index (χ0) is 13.8. The smallest absolute Gasteiger partial charge is 0.167 e. The fraction of sp³-hybridized carbons (Fsp3) is 0.500. The molecule has 1 N–H and O–H groups in total. The van der Waals surface area contributed by atoms with Crippen LogP contribution in [0.1, 0.15) is 42.5 Å². The van der Waals surface area contributed by atoms with Gasteiger partial charge in [-0.25, -0.2) is 4.98 Å². The molecule has 4 heteroatoms. The predicted octanol–water partition coefficient (Wildman–Crippen LogP) is 2.88. The Morgan fingerprint density at radius 1 is 1.30 bits per heavy atom. The Labute approximate surface area is 120 Å². The van der Waals surface area contributed by atoms with Gasteiger partial charge >= 0.3 is 0 Å². The van der Waals surface area contributed by atoms with Crippen molar-refractivity contribution in [1.82, 2.24) is 20.1 Å². The number of aryl methyl sites for hydroxylation is 2. The van der Waals surface area contributed by atoms with Crippen molar-refractivity contribution in [3.8, 4) is 0 Å². The first-order valence-corrected chi connectivity index (χ1v) is 7.50. The van der Waals surface area contributed by atoms with Gasteiger partial charge in [0.2, 0.25) is 0 Å². The molecule has 4 nitrogen and oxygen atoms in total. The van der Waals surface area contributed by atoms with Crippen molar-refractivity contribution in [3.05, 3.63) is 47.5 Å². The highest BCUT2D eigenvalue weighted by Crippen LogP contribution is 2.29. The van der Waals surface area contributed by atoms with Gasteiger partial charge < -0.3 is 0 Å². The molecule has 20 heavy (non-hydrogen) atoms. The van der Waals surface area contributed by atoms with Crippen LogP contribution < -0.4 is 0 Å². The summed E-state index contributed by atoms with van der Waals surface area (Å²) in [4.78, 5) is 7.03. The Morgan fingerprint density at radius 3 is 2.90 bits per heavy atom. The maximum Gasteiger partial charge on any atom is 0.167 e. The van der Waals surface area contributed by atoms with Crippen molar-refractivity contribution in [2.75, 3.05) is 13.1 Å². The Bertz CT molecular complexity index is 534. The lowest BCUT2D eigenvalue weighted by atomic mass is 10.1. The standard InChI is InChI=1S/C16H22N4/c1-13-17-16(19-18-13)15-10-6-12-20(15)11-5-9-14-7-3-2-4-8-14/h2-4,7-8,15H,5-6,9-12H2,1H3,(H,17,18,19). The molecule has 0 saturated carbocycles. The van der Waals surface area contributed by atoms with Crippen molar-refractivity contribution < 1.29 is 0 Å². The van der Waals surface area contributed by atoms with Gasteiger partial charge in [0, 0.05) is 0 Å². The lowest BCUT2D eigenvalue weighted by Gasteiger charge is -2.21. The molecule has 106 valence electrons. The zero-order valence-electron chi connectivity index (χ0n) is 12.0. The van der Waals surface area contributed by atoms with Crippen LogP contribution in [0.3, 0.4) is 0 Å². The molecule has 1 aromatic heterocycles. The summed E-state index contributed by atoms with van der Waals surface area (Å²) < 4.78 is 0. The average molecular weight is 270 g/mol. The van der Waals surface area contributed by atoms with Gasteiger partial charge in [0.15, 0.2) is 5.82 Å². The number of aromatic amines is 1. The molecule has 2 heterocycles. The Kier molecular flexibility index (Phi) is 4.11. The van der Waals surface area contributed by atoms with Crippen LogP contribution in [0.2, 0.25) is 0 Å². The predicted molar refractivity (Wildman–Crippen MR) is 79.4 cm³/mol. The summed E-state index contributed by atoms with van der Waals surface area (Å²) in [5.74, 6) is 1.89. The number of nitrogens with one attached hydrogen (secondary N) is 1. The number of benzene rings is 1. The minimum Gasteiger partial charge on any atom is -0.293 e. The van der Waals surface area contributed by atoms with Gasteiger partial charge in [-0.1, -0.05) is 30.3 Å². The monoisotopic (exact) mass is 270 g/mol. The normalized spacial score (nSPS) is 19.6. The number of H-pyrrole nitrogens is 1. The molecule has 1 atom stereocenters. The summed E-state index contributed by atoms with van der Waals surface area (Å²) in [5, 5.41) is 7.30. The number of likely N-dealkylation sites (tertiary alicyclic amines) is 1. The molecule has 1 fully saturated rings. The lowest BCUT2D eigenvalue weighted by molar-refractivity contribution is 0.246. The van der Waals surface area contributed by atoms with Crippen molar-refractivity contribution in [2.24, 2.45) is 0 Å². The molecular weight excluding hydrogens is 248 g/mol. The molecule has 0 aliphatic carbocycles. The van der Waals surface area contributed by atoms with E-state index >= 15 is 0 Å². The number of nitrogens with zero attached hydrogens (tertiary/aromatic N) is 3. The molecule has 1 unspecified atom stereocenters. The third-order valence-corrected chi connectivity index (χ3v) is 4.03. The van der Waals surface area contributed by atoms with E-state index in [1.54, 1.807) is 0 Å². The van der Waals surface area contributed by atoms with E-state index in [4.69, 9.17) is 0 Å². The SMILES string of the molecule is Cc1nc(C2CCCN2CCCc2ccccc2)n[nH]1. The molecule has 1 aliphatic rings. The van der Waals surface area contributed by atoms with E-state index in [9.17, 15) is 0 Å². The van der Waals surface area contributed by atoms with Crippen molar-refractivity contribution >= 4 is 0 Å². The van der Waals surface area contributed by atoms with E-state index in [0.717, 1.165) is 24.6 Å². The van der Waals surface area contributed by atoms with E-state index in [1.165, 1.54) is 31.4 Å². The van der Waals surface area contributed by atoms with Crippen LogP contribution in [0, 0.1) is 6.92 Å². The summed E-state index contributed by atoms with van der Waals surface area (Å²) in [5.41, 5.74) is 1.43. The minimum atomic E-state index is 0.413. The van der Waals surface area contributed by atoms with E-state index in [-0.39, 0.29) is 0 Å². The maximum absolute atomic E-state index is 4.50. The molecule has 1 aromatic carbocycles. The molecule has 0 spiro atoms. The fourth-order valence-corrected chi connectivity index (χ4v) is 3.03. The molecule has 1 saturated heterocycles. The number of hydrogen-bond donors (Lipinski definition) is 1. The van der Waals surface area contributed by atoms with Crippen molar-refractivity contribution in [1.29, 1.82) is 0 Å². The van der Waals surface area contributed by atoms with E-state index in [1.807, 2.05) is 6.92 Å².